The summed E-state index contributed by atoms with van der Waals surface area (Å²) >= 11 is 11.6. The predicted octanol–water partition coefficient (Wildman–Crippen LogP) is 5.40. The predicted molar refractivity (Wildman–Crippen MR) is 68.5 cm³/mol. The zero-order chi connectivity index (χ0) is 14.0. The molecule has 0 N–H and O–H groups in total. The quantitative estimate of drug-likeness (QED) is 0.737. The van der Waals surface area contributed by atoms with Crippen LogP contribution in [0.15, 0.2) is 36.4 Å². The van der Waals surface area contributed by atoms with E-state index in [1.165, 1.54) is 30.3 Å². The summed E-state index contributed by atoms with van der Waals surface area (Å²) in [6.07, 6.45) is 0. The van der Waals surface area contributed by atoms with Crippen LogP contribution in [0.3, 0.4) is 0 Å². The summed E-state index contributed by atoms with van der Waals surface area (Å²) in [6.45, 7) is -3.05. The monoisotopic (exact) mass is 306 g/mol. The van der Waals surface area contributed by atoms with E-state index >= 15 is 0 Å². The Hall–Kier alpha value is -1.39. The zero-order valence-corrected chi connectivity index (χ0v) is 10.9. The van der Waals surface area contributed by atoms with E-state index in [9.17, 15) is 13.2 Å². The molecule has 0 bridgehead atoms. The minimum absolute atomic E-state index is 0.104. The van der Waals surface area contributed by atoms with Crippen molar-refractivity contribution in [3.8, 4) is 16.9 Å². The van der Waals surface area contributed by atoms with Gasteiger partial charge in [-0.05, 0) is 35.9 Å². The zero-order valence-electron chi connectivity index (χ0n) is 9.34. The van der Waals surface area contributed by atoms with Crippen molar-refractivity contribution in [3.63, 3.8) is 0 Å². The molecule has 0 fully saturated rings. The van der Waals surface area contributed by atoms with Gasteiger partial charge in [-0.3, -0.25) is 0 Å². The first-order valence-corrected chi connectivity index (χ1v) is 5.93. The Kier molecular flexibility index (Phi) is 4.22. The van der Waals surface area contributed by atoms with Crippen LogP contribution in [0.1, 0.15) is 0 Å². The largest absolute Gasteiger partial charge is 0.434 e. The fourth-order valence-electron chi connectivity index (χ4n) is 1.68. The van der Waals surface area contributed by atoms with Crippen LogP contribution >= 0.6 is 23.2 Å². The third-order valence-electron chi connectivity index (χ3n) is 2.34. The average Bonchev–Trinajstić information content (AvgIpc) is 2.26. The summed E-state index contributed by atoms with van der Waals surface area (Å²) in [5.74, 6) is -0.968. The van der Waals surface area contributed by atoms with Gasteiger partial charge >= 0.3 is 6.61 Å². The van der Waals surface area contributed by atoms with E-state index in [0.29, 0.717) is 0 Å². The van der Waals surface area contributed by atoms with Crippen molar-refractivity contribution in [1.82, 2.24) is 0 Å². The Labute approximate surface area is 117 Å². The van der Waals surface area contributed by atoms with Crippen molar-refractivity contribution in [2.24, 2.45) is 0 Å². The summed E-state index contributed by atoms with van der Waals surface area (Å²) < 4.78 is 42.8. The Morgan fingerprint density at radius 3 is 2.21 bits per heavy atom. The highest BCUT2D eigenvalue weighted by Gasteiger charge is 2.16. The molecule has 19 heavy (non-hydrogen) atoms. The minimum atomic E-state index is -3.05. The van der Waals surface area contributed by atoms with Crippen LogP contribution in [0, 0.1) is 5.82 Å². The Balaban J connectivity index is 2.59. The van der Waals surface area contributed by atoms with Crippen molar-refractivity contribution >= 4 is 23.2 Å². The molecule has 1 nitrogen and oxygen atoms in total. The van der Waals surface area contributed by atoms with Crippen molar-refractivity contribution in [2.75, 3.05) is 0 Å². The third kappa shape index (κ3) is 3.33. The van der Waals surface area contributed by atoms with Gasteiger partial charge < -0.3 is 4.74 Å². The van der Waals surface area contributed by atoms with E-state index in [2.05, 4.69) is 4.74 Å². The number of hydrogen-bond donors (Lipinski definition) is 0. The smallest absolute Gasteiger partial charge is 0.387 e. The molecule has 6 heteroatoms. The fourth-order valence-corrected chi connectivity index (χ4v) is 2.20. The maximum atomic E-state index is 13.8. The Bertz CT molecular complexity index is 582. The first-order valence-electron chi connectivity index (χ1n) is 5.17. The standard InChI is InChI=1S/C13H7Cl2F3O/c14-8-4-7(5-9(15)6-8)12-10(16)2-1-3-11(12)19-13(17)18/h1-6,13H. The second-order valence-electron chi connectivity index (χ2n) is 3.65. The van der Waals surface area contributed by atoms with Gasteiger partial charge in [0, 0.05) is 10.0 Å². The summed E-state index contributed by atoms with van der Waals surface area (Å²) in [5, 5.41) is 0.544. The molecule has 0 aliphatic carbocycles. The van der Waals surface area contributed by atoms with E-state index in [1.54, 1.807) is 0 Å². The van der Waals surface area contributed by atoms with Crippen LogP contribution in [0.25, 0.3) is 11.1 Å². The lowest BCUT2D eigenvalue weighted by atomic mass is 10.0. The fraction of sp³-hybridized carbons (Fsp3) is 0.0769. The van der Waals surface area contributed by atoms with E-state index < -0.39 is 12.4 Å². The third-order valence-corrected chi connectivity index (χ3v) is 2.78. The van der Waals surface area contributed by atoms with Gasteiger partial charge in [0.25, 0.3) is 0 Å². The van der Waals surface area contributed by atoms with E-state index in [-0.39, 0.29) is 26.9 Å². The molecule has 0 heterocycles. The molecule has 0 saturated carbocycles. The number of alkyl halides is 2. The number of ether oxygens (including phenoxy) is 1. The lowest BCUT2D eigenvalue weighted by Crippen LogP contribution is -2.04. The molecule has 0 amide bonds. The summed E-state index contributed by atoms with van der Waals surface area (Å²) in [5.41, 5.74) is 0.165. The number of hydrogen-bond acceptors (Lipinski definition) is 1. The second-order valence-corrected chi connectivity index (χ2v) is 4.52. The molecule has 0 spiro atoms. The van der Waals surface area contributed by atoms with Crippen molar-refractivity contribution in [1.29, 1.82) is 0 Å². The van der Waals surface area contributed by atoms with Crippen LogP contribution in [0.5, 0.6) is 5.75 Å². The normalized spacial score (nSPS) is 10.8. The maximum absolute atomic E-state index is 13.8. The van der Waals surface area contributed by atoms with Gasteiger partial charge in [0.05, 0.1) is 5.56 Å². The van der Waals surface area contributed by atoms with Crippen molar-refractivity contribution in [2.45, 2.75) is 6.61 Å². The molecule has 2 aromatic carbocycles. The number of benzene rings is 2. The Morgan fingerprint density at radius 2 is 1.63 bits per heavy atom. The molecule has 0 atom stereocenters. The average molecular weight is 307 g/mol. The molecule has 2 rings (SSSR count). The molecular formula is C13H7Cl2F3O. The van der Waals surface area contributed by atoms with Gasteiger partial charge in [0.1, 0.15) is 11.6 Å². The van der Waals surface area contributed by atoms with Crippen LogP contribution in [-0.4, -0.2) is 6.61 Å². The molecular weight excluding hydrogens is 300 g/mol. The van der Waals surface area contributed by atoms with E-state index in [4.69, 9.17) is 23.2 Å². The van der Waals surface area contributed by atoms with Gasteiger partial charge in [-0.1, -0.05) is 29.3 Å². The highest BCUT2D eigenvalue weighted by Crippen LogP contribution is 2.36. The maximum Gasteiger partial charge on any atom is 0.387 e. The van der Waals surface area contributed by atoms with Gasteiger partial charge in [-0.2, -0.15) is 8.78 Å². The van der Waals surface area contributed by atoms with Crippen molar-refractivity contribution < 1.29 is 17.9 Å². The highest BCUT2D eigenvalue weighted by atomic mass is 35.5. The number of rotatable bonds is 3. The lowest BCUT2D eigenvalue weighted by molar-refractivity contribution is -0.0495. The SMILES string of the molecule is Fc1cccc(OC(F)F)c1-c1cc(Cl)cc(Cl)c1. The highest BCUT2D eigenvalue weighted by molar-refractivity contribution is 6.35. The van der Waals surface area contributed by atoms with Gasteiger partial charge in [-0.25, -0.2) is 4.39 Å². The van der Waals surface area contributed by atoms with Crippen molar-refractivity contribution in [3.05, 3.63) is 52.3 Å². The van der Waals surface area contributed by atoms with E-state index in [0.717, 1.165) is 6.07 Å². The van der Waals surface area contributed by atoms with Crippen LogP contribution in [-0.2, 0) is 0 Å². The van der Waals surface area contributed by atoms with Crippen LogP contribution in [0.2, 0.25) is 10.0 Å². The van der Waals surface area contributed by atoms with Crippen LogP contribution in [0.4, 0.5) is 13.2 Å². The van der Waals surface area contributed by atoms with Gasteiger partial charge in [-0.15, -0.1) is 0 Å². The topological polar surface area (TPSA) is 9.23 Å². The lowest BCUT2D eigenvalue weighted by Gasteiger charge is -2.12. The minimum Gasteiger partial charge on any atom is -0.434 e. The Morgan fingerprint density at radius 1 is 1.00 bits per heavy atom. The molecule has 0 unspecified atom stereocenters. The summed E-state index contributed by atoms with van der Waals surface area (Å²) in [7, 11) is 0. The summed E-state index contributed by atoms with van der Waals surface area (Å²) in [4.78, 5) is 0. The number of halogens is 5. The van der Waals surface area contributed by atoms with Gasteiger partial charge in [0.2, 0.25) is 0 Å². The van der Waals surface area contributed by atoms with Crippen LogP contribution < -0.4 is 4.74 Å². The molecule has 100 valence electrons. The molecule has 0 radical (unpaired) electrons. The first-order chi connectivity index (χ1) is 8.97. The molecule has 0 aliphatic heterocycles. The second kappa shape index (κ2) is 5.72. The molecule has 0 aliphatic rings. The molecule has 0 aromatic heterocycles. The molecule has 0 saturated heterocycles. The molecule has 2 aromatic rings. The van der Waals surface area contributed by atoms with E-state index in [1.807, 2.05) is 0 Å². The summed E-state index contributed by atoms with van der Waals surface area (Å²) in [6, 6.07) is 7.97. The van der Waals surface area contributed by atoms with Gasteiger partial charge in [0.15, 0.2) is 0 Å². The first kappa shape index (κ1) is 14.0.